The van der Waals surface area contributed by atoms with E-state index in [-0.39, 0.29) is 5.54 Å². The van der Waals surface area contributed by atoms with E-state index in [1.165, 1.54) is 31.2 Å². The van der Waals surface area contributed by atoms with E-state index in [4.69, 9.17) is 10.5 Å². The SMILES string of the molecule is CCCOc1ccc(C2(N)CCC(CCC)CC2)cc1. The standard InChI is InChI=1S/C18H29NO/c1-3-5-15-10-12-18(19,13-11-15)16-6-8-17(9-7-16)20-14-4-2/h6-9,15H,3-5,10-14,19H2,1-2H3. The first-order chi connectivity index (χ1) is 9.68. The number of nitrogens with two attached hydrogens (primary N) is 1. The number of rotatable bonds is 6. The minimum absolute atomic E-state index is 0.118. The highest BCUT2D eigenvalue weighted by Crippen LogP contribution is 2.39. The summed E-state index contributed by atoms with van der Waals surface area (Å²) in [4.78, 5) is 0. The van der Waals surface area contributed by atoms with Crippen molar-refractivity contribution in [3.05, 3.63) is 29.8 Å². The molecule has 0 amide bonds. The Hall–Kier alpha value is -1.02. The van der Waals surface area contributed by atoms with Gasteiger partial charge >= 0.3 is 0 Å². The van der Waals surface area contributed by atoms with Crippen molar-refractivity contribution in [3.8, 4) is 5.75 Å². The predicted octanol–water partition coefficient (Wildman–Crippen LogP) is 4.62. The van der Waals surface area contributed by atoms with Crippen LogP contribution in [0.1, 0.15) is 64.4 Å². The minimum atomic E-state index is -0.118. The quantitative estimate of drug-likeness (QED) is 0.822. The first-order valence-electron chi connectivity index (χ1n) is 8.20. The second-order valence-electron chi connectivity index (χ2n) is 6.26. The molecule has 112 valence electrons. The third-order valence-corrected chi connectivity index (χ3v) is 4.60. The maximum Gasteiger partial charge on any atom is 0.119 e. The zero-order valence-corrected chi connectivity index (χ0v) is 13.0. The molecular formula is C18H29NO. The fourth-order valence-electron chi connectivity index (χ4n) is 3.28. The van der Waals surface area contributed by atoms with Crippen LogP contribution < -0.4 is 10.5 Å². The molecule has 1 aromatic rings. The lowest BCUT2D eigenvalue weighted by Crippen LogP contribution is -2.40. The van der Waals surface area contributed by atoms with Gasteiger partial charge in [-0.1, -0.05) is 38.8 Å². The molecule has 1 saturated carbocycles. The molecule has 1 aromatic carbocycles. The molecule has 20 heavy (non-hydrogen) atoms. The van der Waals surface area contributed by atoms with Crippen LogP contribution in [0, 0.1) is 5.92 Å². The van der Waals surface area contributed by atoms with Crippen LogP contribution in [-0.4, -0.2) is 6.61 Å². The summed E-state index contributed by atoms with van der Waals surface area (Å²) in [6.45, 7) is 5.18. The Kier molecular flexibility index (Phi) is 5.47. The van der Waals surface area contributed by atoms with Gasteiger partial charge in [0.15, 0.2) is 0 Å². The monoisotopic (exact) mass is 275 g/mol. The molecule has 0 radical (unpaired) electrons. The predicted molar refractivity (Wildman–Crippen MR) is 85.0 cm³/mol. The van der Waals surface area contributed by atoms with E-state index < -0.39 is 0 Å². The van der Waals surface area contributed by atoms with Gasteiger partial charge in [-0.3, -0.25) is 0 Å². The summed E-state index contributed by atoms with van der Waals surface area (Å²) >= 11 is 0. The average Bonchev–Trinajstić information content (AvgIpc) is 2.48. The Bertz CT molecular complexity index is 390. The van der Waals surface area contributed by atoms with Gasteiger partial charge in [-0.25, -0.2) is 0 Å². The lowest BCUT2D eigenvalue weighted by atomic mass is 9.72. The van der Waals surface area contributed by atoms with Crippen LogP contribution >= 0.6 is 0 Å². The maximum absolute atomic E-state index is 6.65. The third kappa shape index (κ3) is 3.76. The molecule has 2 N–H and O–H groups in total. The molecule has 2 rings (SSSR count). The molecule has 0 unspecified atom stereocenters. The number of benzene rings is 1. The summed E-state index contributed by atoms with van der Waals surface area (Å²) in [6.07, 6.45) is 8.49. The smallest absolute Gasteiger partial charge is 0.119 e. The second-order valence-corrected chi connectivity index (χ2v) is 6.26. The molecule has 1 aliphatic rings. The normalized spacial score (nSPS) is 26.4. The second kappa shape index (κ2) is 7.12. The molecule has 2 nitrogen and oxygen atoms in total. The van der Waals surface area contributed by atoms with E-state index in [0.29, 0.717) is 0 Å². The van der Waals surface area contributed by atoms with E-state index in [1.807, 2.05) is 0 Å². The van der Waals surface area contributed by atoms with Gasteiger partial charge in [0, 0.05) is 5.54 Å². The van der Waals surface area contributed by atoms with Gasteiger partial charge in [0.25, 0.3) is 0 Å². The van der Waals surface area contributed by atoms with Crippen LogP contribution in [0.3, 0.4) is 0 Å². The fraction of sp³-hybridized carbons (Fsp3) is 0.667. The van der Waals surface area contributed by atoms with Crippen LogP contribution in [0.15, 0.2) is 24.3 Å². The molecule has 0 spiro atoms. The molecule has 0 bridgehead atoms. The van der Waals surface area contributed by atoms with Crippen LogP contribution in [0.25, 0.3) is 0 Å². The molecule has 0 atom stereocenters. The van der Waals surface area contributed by atoms with Crippen LogP contribution in [-0.2, 0) is 5.54 Å². The number of hydrogen-bond acceptors (Lipinski definition) is 2. The van der Waals surface area contributed by atoms with Gasteiger partial charge < -0.3 is 10.5 Å². The zero-order chi connectivity index (χ0) is 14.4. The van der Waals surface area contributed by atoms with Gasteiger partial charge in [-0.2, -0.15) is 0 Å². The summed E-state index contributed by atoms with van der Waals surface area (Å²) in [6, 6.07) is 8.45. The van der Waals surface area contributed by atoms with E-state index in [2.05, 4.69) is 38.1 Å². The Labute approximate surface area is 123 Å². The van der Waals surface area contributed by atoms with Crippen molar-refractivity contribution in [2.45, 2.75) is 64.3 Å². The highest BCUT2D eigenvalue weighted by molar-refractivity contribution is 5.32. The summed E-state index contributed by atoms with van der Waals surface area (Å²) in [5, 5.41) is 0. The summed E-state index contributed by atoms with van der Waals surface area (Å²) in [7, 11) is 0. The molecule has 1 aliphatic carbocycles. The highest BCUT2D eigenvalue weighted by Gasteiger charge is 2.32. The fourth-order valence-corrected chi connectivity index (χ4v) is 3.28. The third-order valence-electron chi connectivity index (χ3n) is 4.60. The van der Waals surface area contributed by atoms with E-state index >= 15 is 0 Å². The lowest BCUT2D eigenvalue weighted by Gasteiger charge is -2.37. The molecule has 0 saturated heterocycles. The van der Waals surface area contributed by atoms with Crippen molar-refractivity contribution in [2.75, 3.05) is 6.61 Å². The Morgan fingerprint density at radius 2 is 1.75 bits per heavy atom. The summed E-state index contributed by atoms with van der Waals surface area (Å²) < 4.78 is 5.64. The van der Waals surface area contributed by atoms with Crippen molar-refractivity contribution in [1.82, 2.24) is 0 Å². The molecule has 0 heterocycles. The van der Waals surface area contributed by atoms with E-state index in [9.17, 15) is 0 Å². The molecular weight excluding hydrogens is 246 g/mol. The van der Waals surface area contributed by atoms with Gasteiger partial charge in [-0.15, -0.1) is 0 Å². The van der Waals surface area contributed by atoms with Crippen molar-refractivity contribution in [1.29, 1.82) is 0 Å². The summed E-state index contributed by atoms with van der Waals surface area (Å²) in [5.74, 6) is 1.85. The number of ether oxygens (including phenoxy) is 1. The van der Waals surface area contributed by atoms with Crippen LogP contribution in [0.5, 0.6) is 5.75 Å². The van der Waals surface area contributed by atoms with Crippen molar-refractivity contribution in [2.24, 2.45) is 11.7 Å². The van der Waals surface area contributed by atoms with Crippen molar-refractivity contribution < 1.29 is 4.74 Å². The Morgan fingerprint density at radius 1 is 1.10 bits per heavy atom. The average molecular weight is 275 g/mol. The highest BCUT2D eigenvalue weighted by atomic mass is 16.5. The first-order valence-corrected chi connectivity index (χ1v) is 8.20. The Balaban J connectivity index is 1.96. The van der Waals surface area contributed by atoms with Crippen molar-refractivity contribution >= 4 is 0 Å². The van der Waals surface area contributed by atoms with Gasteiger partial charge in [-0.05, 0) is 55.7 Å². The number of hydrogen-bond donors (Lipinski definition) is 1. The minimum Gasteiger partial charge on any atom is -0.494 e. The Morgan fingerprint density at radius 3 is 2.30 bits per heavy atom. The first kappa shape index (κ1) is 15.4. The van der Waals surface area contributed by atoms with E-state index in [0.717, 1.165) is 37.5 Å². The summed E-state index contributed by atoms with van der Waals surface area (Å²) in [5.41, 5.74) is 7.80. The van der Waals surface area contributed by atoms with Gasteiger partial charge in [0.1, 0.15) is 5.75 Å². The molecule has 0 aliphatic heterocycles. The zero-order valence-electron chi connectivity index (χ0n) is 13.0. The van der Waals surface area contributed by atoms with Gasteiger partial charge in [0.05, 0.1) is 6.61 Å². The molecule has 2 heteroatoms. The van der Waals surface area contributed by atoms with Crippen LogP contribution in [0.2, 0.25) is 0 Å². The lowest BCUT2D eigenvalue weighted by molar-refractivity contribution is 0.226. The molecule has 1 fully saturated rings. The largest absolute Gasteiger partial charge is 0.494 e. The van der Waals surface area contributed by atoms with Crippen molar-refractivity contribution in [3.63, 3.8) is 0 Å². The van der Waals surface area contributed by atoms with Gasteiger partial charge in [0.2, 0.25) is 0 Å². The van der Waals surface area contributed by atoms with Crippen LogP contribution in [0.4, 0.5) is 0 Å². The topological polar surface area (TPSA) is 35.2 Å². The molecule has 0 aromatic heterocycles. The maximum atomic E-state index is 6.65. The van der Waals surface area contributed by atoms with E-state index in [1.54, 1.807) is 0 Å².